The molecule has 0 bridgehead atoms. The fourth-order valence-electron chi connectivity index (χ4n) is 6.35. The Kier molecular flexibility index (Phi) is 11.5. The van der Waals surface area contributed by atoms with Gasteiger partial charge in [-0.1, -0.05) is 0 Å². The number of ether oxygens (including phenoxy) is 6. The Hall–Kier alpha value is -3.91. The van der Waals surface area contributed by atoms with Crippen LogP contribution < -0.4 is 10.2 Å². The summed E-state index contributed by atoms with van der Waals surface area (Å²) >= 11 is 0. The van der Waals surface area contributed by atoms with Crippen LogP contribution in [0.25, 0.3) is 22.3 Å². The van der Waals surface area contributed by atoms with Gasteiger partial charge in [-0.3, -0.25) is 4.79 Å². The van der Waals surface area contributed by atoms with Crippen LogP contribution in [0.15, 0.2) is 39.5 Å². The quantitative estimate of drug-likeness (QED) is 0.0925. The molecule has 21 nitrogen and oxygen atoms in total. The Balaban J connectivity index is 1.20. The zero-order chi connectivity index (χ0) is 39.3. The molecule has 0 amide bonds. The summed E-state index contributed by atoms with van der Waals surface area (Å²) in [5, 5.41) is 134. The molecule has 0 saturated carbocycles. The Bertz CT molecular complexity index is 1850. The van der Waals surface area contributed by atoms with Crippen molar-refractivity contribution in [2.75, 3.05) is 13.2 Å². The molecule has 4 heterocycles. The molecular formula is C33H40O21. The van der Waals surface area contributed by atoms with Crippen LogP contribution in [-0.4, -0.2) is 172 Å². The molecule has 15 atom stereocenters. The molecule has 0 unspecified atom stereocenters. The number of aromatic hydroxyl groups is 4. The maximum Gasteiger partial charge on any atom is 0.239 e. The second-order valence-corrected chi connectivity index (χ2v) is 13.1. The summed E-state index contributed by atoms with van der Waals surface area (Å²) in [6.07, 6.45) is -25.9. The lowest BCUT2D eigenvalue weighted by Gasteiger charge is -2.46. The molecule has 0 spiro atoms. The lowest BCUT2D eigenvalue weighted by atomic mass is 9.97. The SMILES string of the molecule is C[C@@H]1O[C@@H](Oc2c(-c3ccc(O)c(O)c3)oc3cc(O)cc(O)c3c2=O)[C@@H](O)[C@H](O)[C@H]1O[C@@H]1O[C@H](CO[C@@H]2O[C@@H](CO)[C@@H](O)[C@H](O)[C@@H]2O)[C@@H](O)[C@H](O)[C@H]1O. The van der Waals surface area contributed by atoms with E-state index in [1.54, 1.807) is 0 Å². The highest BCUT2D eigenvalue weighted by Crippen LogP contribution is 2.40. The Labute approximate surface area is 303 Å². The molecular weight excluding hydrogens is 732 g/mol. The van der Waals surface area contributed by atoms with Crippen molar-refractivity contribution in [2.24, 2.45) is 0 Å². The minimum Gasteiger partial charge on any atom is -0.508 e. The first-order valence-corrected chi connectivity index (χ1v) is 16.5. The molecule has 3 aliphatic heterocycles. The van der Waals surface area contributed by atoms with Gasteiger partial charge in [-0.25, -0.2) is 0 Å². The Morgan fingerprint density at radius 3 is 1.96 bits per heavy atom. The van der Waals surface area contributed by atoms with Crippen molar-refractivity contribution < 1.29 is 99.2 Å². The molecule has 21 heteroatoms. The zero-order valence-electron chi connectivity index (χ0n) is 28.0. The van der Waals surface area contributed by atoms with Crippen LogP contribution in [0.5, 0.6) is 28.7 Å². The van der Waals surface area contributed by atoms with Crippen LogP contribution in [0, 0.1) is 0 Å². The van der Waals surface area contributed by atoms with Crippen molar-refractivity contribution >= 4 is 11.0 Å². The molecule has 0 aliphatic carbocycles. The fourth-order valence-corrected chi connectivity index (χ4v) is 6.35. The number of aliphatic hydroxyl groups excluding tert-OH is 9. The number of phenols is 4. The molecule has 1 aromatic heterocycles. The molecule has 54 heavy (non-hydrogen) atoms. The molecule has 0 radical (unpaired) electrons. The monoisotopic (exact) mass is 772 g/mol. The maximum atomic E-state index is 13.7. The van der Waals surface area contributed by atoms with E-state index < -0.39 is 151 Å². The van der Waals surface area contributed by atoms with Crippen molar-refractivity contribution in [2.45, 2.75) is 99.0 Å². The van der Waals surface area contributed by atoms with Gasteiger partial charge >= 0.3 is 0 Å². The van der Waals surface area contributed by atoms with Gasteiger partial charge in [0.25, 0.3) is 0 Å². The van der Waals surface area contributed by atoms with E-state index in [-0.39, 0.29) is 11.1 Å². The minimum absolute atomic E-state index is 0.0449. The Morgan fingerprint density at radius 1 is 0.667 bits per heavy atom. The predicted molar refractivity (Wildman–Crippen MR) is 173 cm³/mol. The minimum atomic E-state index is -2.03. The average Bonchev–Trinajstić information content (AvgIpc) is 3.13. The highest BCUT2D eigenvalue weighted by molar-refractivity contribution is 5.88. The van der Waals surface area contributed by atoms with Crippen LogP contribution in [0.2, 0.25) is 0 Å². The summed E-state index contributed by atoms with van der Waals surface area (Å²) in [5.41, 5.74) is -1.39. The van der Waals surface area contributed by atoms with Crippen molar-refractivity contribution in [3.05, 3.63) is 40.6 Å². The topological polar surface area (TPSA) is 349 Å². The van der Waals surface area contributed by atoms with E-state index in [9.17, 15) is 71.2 Å². The van der Waals surface area contributed by atoms with Crippen molar-refractivity contribution in [1.29, 1.82) is 0 Å². The number of fused-ring (bicyclic) bond motifs is 1. The number of aliphatic hydroxyl groups is 9. The van der Waals surface area contributed by atoms with Gasteiger partial charge < -0.3 is 99.2 Å². The fraction of sp³-hybridized carbons (Fsp3) is 0.545. The molecule has 13 N–H and O–H groups in total. The molecule has 3 aliphatic rings. The van der Waals surface area contributed by atoms with E-state index in [0.717, 1.165) is 24.3 Å². The maximum absolute atomic E-state index is 13.7. The van der Waals surface area contributed by atoms with E-state index in [2.05, 4.69) is 0 Å². The normalized spacial score (nSPS) is 37.3. The first-order valence-electron chi connectivity index (χ1n) is 16.5. The average molecular weight is 773 g/mol. The third-order valence-electron chi connectivity index (χ3n) is 9.40. The van der Waals surface area contributed by atoms with Gasteiger partial charge in [-0.15, -0.1) is 0 Å². The highest BCUT2D eigenvalue weighted by atomic mass is 16.8. The van der Waals surface area contributed by atoms with E-state index >= 15 is 0 Å². The van der Waals surface area contributed by atoms with Gasteiger partial charge in [0.15, 0.2) is 29.8 Å². The second-order valence-electron chi connectivity index (χ2n) is 13.1. The number of hydrogen-bond acceptors (Lipinski definition) is 21. The summed E-state index contributed by atoms with van der Waals surface area (Å²) in [4.78, 5) is 13.7. The van der Waals surface area contributed by atoms with Crippen molar-refractivity contribution in [3.63, 3.8) is 0 Å². The molecule has 3 fully saturated rings. The van der Waals surface area contributed by atoms with Crippen LogP contribution >= 0.6 is 0 Å². The summed E-state index contributed by atoms with van der Waals surface area (Å²) < 4.78 is 39.3. The first kappa shape index (κ1) is 39.8. The molecule has 3 saturated heterocycles. The van der Waals surface area contributed by atoms with Crippen LogP contribution in [0.3, 0.4) is 0 Å². The summed E-state index contributed by atoms with van der Waals surface area (Å²) in [7, 11) is 0. The first-order chi connectivity index (χ1) is 25.5. The number of benzene rings is 2. The van der Waals surface area contributed by atoms with Crippen molar-refractivity contribution in [3.8, 4) is 40.1 Å². The van der Waals surface area contributed by atoms with Gasteiger partial charge in [0.2, 0.25) is 17.5 Å². The van der Waals surface area contributed by atoms with E-state index in [1.165, 1.54) is 13.0 Å². The largest absolute Gasteiger partial charge is 0.508 e. The standard InChI is InChI=1S/C33H40O21/c1-9-28(53-33-26(46)23(43)20(40)17(52-33)8-48-31-25(45)22(42)19(39)16(7-34)51-31)24(44)27(47)32(49-9)54-30-21(41)18-14(38)5-11(35)6-15(18)50-29(30)10-2-3-12(36)13(37)4-10/h2-6,9,16-17,19-20,22-28,31-40,42-47H,7-8H2,1H3/t9-,16-,17+,19+,20+,22-,23-,24-,25-,26+,27-,28-,31+,32-,33-/m0/s1. The lowest BCUT2D eigenvalue weighted by Crippen LogP contribution is -2.64. The molecule has 2 aromatic carbocycles. The van der Waals surface area contributed by atoms with Gasteiger partial charge in [0, 0.05) is 17.7 Å². The Morgan fingerprint density at radius 2 is 1.30 bits per heavy atom. The van der Waals surface area contributed by atoms with Crippen LogP contribution in [0.4, 0.5) is 0 Å². The van der Waals surface area contributed by atoms with Gasteiger partial charge in [-0.05, 0) is 25.1 Å². The van der Waals surface area contributed by atoms with Crippen LogP contribution in [0.1, 0.15) is 6.92 Å². The number of rotatable bonds is 9. The van der Waals surface area contributed by atoms with E-state index in [4.69, 9.17) is 32.8 Å². The molecule has 298 valence electrons. The predicted octanol–water partition coefficient (Wildman–Crippen LogP) is -3.86. The van der Waals surface area contributed by atoms with E-state index in [1.807, 2.05) is 0 Å². The summed E-state index contributed by atoms with van der Waals surface area (Å²) in [6, 6.07) is 5.20. The van der Waals surface area contributed by atoms with E-state index in [0.29, 0.717) is 0 Å². The number of hydrogen-bond donors (Lipinski definition) is 13. The smallest absolute Gasteiger partial charge is 0.239 e. The van der Waals surface area contributed by atoms with Crippen LogP contribution in [-0.2, 0) is 23.7 Å². The third kappa shape index (κ3) is 7.39. The van der Waals surface area contributed by atoms with Gasteiger partial charge in [0.1, 0.15) is 89.6 Å². The zero-order valence-corrected chi connectivity index (χ0v) is 28.0. The summed E-state index contributed by atoms with van der Waals surface area (Å²) in [6.45, 7) is -0.0761. The number of phenolic OH excluding ortho intramolecular Hbond substituents is 4. The van der Waals surface area contributed by atoms with Gasteiger partial charge in [-0.2, -0.15) is 0 Å². The highest BCUT2D eigenvalue weighted by Gasteiger charge is 2.51. The van der Waals surface area contributed by atoms with Gasteiger partial charge in [0.05, 0.1) is 19.3 Å². The van der Waals surface area contributed by atoms with Crippen molar-refractivity contribution in [1.82, 2.24) is 0 Å². The second kappa shape index (κ2) is 15.7. The summed E-state index contributed by atoms with van der Waals surface area (Å²) in [5.74, 6) is -3.41. The molecule has 6 rings (SSSR count). The third-order valence-corrected chi connectivity index (χ3v) is 9.40. The molecule has 3 aromatic rings. The lowest BCUT2D eigenvalue weighted by molar-refractivity contribution is -0.357.